The molecule has 1 aromatic heterocycles. The Kier molecular flexibility index (Phi) is 9.11. The van der Waals surface area contributed by atoms with Gasteiger partial charge in [0.05, 0.1) is 35.9 Å². The molecule has 4 aliphatic rings. The van der Waals surface area contributed by atoms with Crippen molar-refractivity contribution in [3.8, 4) is 6.01 Å². The first-order valence-corrected chi connectivity index (χ1v) is 17.1. The van der Waals surface area contributed by atoms with Gasteiger partial charge in [0, 0.05) is 54.9 Å². The van der Waals surface area contributed by atoms with Crippen LogP contribution in [-0.2, 0) is 22.5 Å². The van der Waals surface area contributed by atoms with Crippen LogP contribution in [0.2, 0.25) is 5.02 Å². The summed E-state index contributed by atoms with van der Waals surface area (Å²) in [4.78, 5) is 34.2. The molecule has 3 fully saturated rings. The van der Waals surface area contributed by atoms with E-state index in [4.69, 9.17) is 37.6 Å². The fourth-order valence-electron chi connectivity index (χ4n) is 7.47. The van der Waals surface area contributed by atoms with E-state index in [-0.39, 0.29) is 35.6 Å². The van der Waals surface area contributed by atoms with E-state index in [9.17, 15) is 13.6 Å². The maximum absolute atomic E-state index is 14.7. The molecular weight excluding hydrogens is 652 g/mol. The maximum atomic E-state index is 14.7. The summed E-state index contributed by atoms with van der Waals surface area (Å²) < 4.78 is 40.7. The van der Waals surface area contributed by atoms with Crippen LogP contribution in [-0.4, -0.2) is 103 Å². The number of rotatable bonds is 10. The summed E-state index contributed by atoms with van der Waals surface area (Å²) in [6.07, 6.45) is 3.00. The first kappa shape index (κ1) is 33.4. The van der Waals surface area contributed by atoms with Crippen molar-refractivity contribution in [2.24, 2.45) is 5.41 Å². The normalized spacial score (nSPS) is 21.7. The topological polar surface area (TPSA) is 78.6 Å². The second-order valence-corrected chi connectivity index (χ2v) is 14.3. The molecule has 13 heteroatoms. The van der Waals surface area contributed by atoms with Gasteiger partial charge in [-0.2, -0.15) is 9.97 Å². The van der Waals surface area contributed by atoms with Crippen molar-refractivity contribution in [1.29, 1.82) is 0 Å². The highest BCUT2D eigenvalue weighted by Gasteiger charge is 2.44. The van der Waals surface area contributed by atoms with Gasteiger partial charge in [0.2, 0.25) is 6.54 Å². The van der Waals surface area contributed by atoms with Gasteiger partial charge < -0.3 is 33.9 Å². The van der Waals surface area contributed by atoms with E-state index < -0.39 is 23.6 Å². The van der Waals surface area contributed by atoms with Gasteiger partial charge in [-0.25, -0.2) is 15.4 Å². The highest BCUT2D eigenvalue weighted by Crippen LogP contribution is 2.40. The Bertz CT molecular complexity index is 1830. The molecular formula is C36H40ClF2N7O3. The predicted molar refractivity (Wildman–Crippen MR) is 184 cm³/mol. The van der Waals surface area contributed by atoms with Crippen molar-refractivity contribution in [3.05, 3.63) is 76.3 Å². The zero-order valence-electron chi connectivity index (χ0n) is 27.8. The minimum absolute atomic E-state index is 0.0196. The molecule has 0 N–H and O–H groups in total. The third kappa shape index (κ3) is 6.52. The monoisotopic (exact) mass is 691 g/mol. The van der Waals surface area contributed by atoms with Gasteiger partial charge in [-0.3, -0.25) is 4.79 Å². The number of halogens is 3. The standard InChI is InChI=1S/C36H40ClF2N7O3/c1-22-14-27-29(17-46(22)30-7-5-6-24-8-11-28(39)32(37)31(24)30)41-35(49-21-36(19-48-20-36)18-43(4)25-9-10-25)42-33(27)44-12-13-45(34(47)23(2)38)26(16-44)15-40-3/h5-8,11,22,25-26H,2,9-10,12-21H2,1,4H3/t22?,26-/m0/s1. The van der Waals surface area contributed by atoms with Crippen molar-refractivity contribution < 1.29 is 23.0 Å². The van der Waals surface area contributed by atoms with Crippen molar-refractivity contribution in [1.82, 2.24) is 19.8 Å². The zero-order chi connectivity index (χ0) is 34.4. The molecule has 10 nitrogen and oxygen atoms in total. The lowest BCUT2D eigenvalue weighted by Gasteiger charge is -2.44. The van der Waals surface area contributed by atoms with Crippen LogP contribution in [0, 0.1) is 17.8 Å². The second-order valence-electron chi connectivity index (χ2n) is 13.9. The van der Waals surface area contributed by atoms with E-state index in [1.807, 2.05) is 18.2 Å². The lowest BCUT2D eigenvalue weighted by molar-refractivity contribution is -0.143. The first-order valence-electron chi connectivity index (χ1n) is 16.7. The van der Waals surface area contributed by atoms with Crippen LogP contribution in [0.3, 0.4) is 0 Å². The third-order valence-electron chi connectivity index (χ3n) is 10.3. The van der Waals surface area contributed by atoms with Crippen molar-refractivity contribution >= 4 is 39.8 Å². The Balaban J connectivity index is 1.24. The van der Waals surface area contributed by atoms with Gasteiger partial charge in [0.1, 0.15) is 24.3 Å². The Labute approximate surface area is 290 Å². The van der Waals surface area contributed by atoms with E-state index in [1.54, 1.807) is 6.07 Å². The molecule has 0 radical (unpaired) electrons. The molecule has 4 heterocycles. The Morgan fingerprint density at radius 2 is 2.04 bits per heavy atom. The van der Waals surface area contributed by atoms with Crippen LogP contribution in [0.1, 0.15) is 31.0 Å². The molecule has 2 atom stereocenters. The number of carbonyl (C=O) groups is 1. The summed E-state index contributed by atoms with van der Waals surface area (Å²) in [5.74, 6) is -1.62. The number of nitrogens with zero attached hydrogens (tertiary/aromatic N) is 7. The van der Waals surface area contributed by atoms with Gasteiger partial charge in [0.15, 0.2) is 5.83 Å². The summed E-state index contributed by atoms with van der Waals surface area (Å²) in [7, 11) is 2.15. The van der Waals surface area contributed by atoms with Gasteiger partial charge in [-0.1, -0.05) is 36.4 Å². The first-order chi connectivity index (χ1) is 23.6. The number of hydrogen-bond acceptors (Lipinski definition) is 8. The van der Waals surface area contributed by atoms with E-state index >= 15 is 0 Å². The molecule has 1 unspecified atom stereocenters. The number of aromatic nitrogens is 2. The predicted octanol–water partition coefficient (Wildman–Crippen LogP) is 5.28. The molecule has 1 amide bonds. The molecule has 7 rings (SSSR count). The van der Waals surface area contributed by atoms with Gasteiger partial charge in [-0.15, -0.1) is 0 Å². The van der Waals surface area contributed by atoms with Crippen molar-refractivity contribution in [3.63, 3.8) is 0 Å². The lowest BCUT2D eigenvalue weighted by atomic mass is 9.86. The minimum Gasteiger partial charge on any atom is -0.463 e. The fourth-order valence-corrected chi connectivity index (χ4v) is 7.74. The average molecular weight is 692 g/mol. The minimum atomic E-state index is -1.04. The molecule has 2 aromatic carbocycles. The van der Waals surface area contributed by atoms with Crippen LogP contribution in [0.4, 0.5) is 20.3 Å². The van der Waals surface area contributed by atoms with E-state index in [0.717, 1.165) is 28.9 Å². The number of anilines is 2. The van der Waals surface area contributed by atoms with Gasteiger partial charge in [-0.05, 0) is 50.8 Å². The molecule has 3 aromatic rings. The van der Waals surface area contributed by atoms with E-state index in [2.05, 4.69) is 40.1 Å². The molecule has 3 aliphatic heterocycles. The van der Waals surface area contributed by atoms with Crippen LogP contribution >= 0.6 is 11.6 Å². The fraction of sp³-hybridized carbons (Fsp3) is 0.500. The molecule has 0 spiro atoms. The molecule has 0 bridgehead atoms. The van der Waals surface area contributed by atoms with Gasteiger partial charge in [0.25, 0.3) is 5.91 Å². The number of benzene rings is 2. The largest absolute Gasteiger partial charge is 0.463 e. The third-order valence-corrected chi connectivity index (χ3v) is 10.7. The number of fused-ring (bicyclic) bond motifs is 2. The number of carbonyl (C=O) groups excluding carboxylic acids is 1. The summed E-state index contributed by atoms with van der Waals surface area (Å²) in [5.41, 5.74) is 2.36. The van der Waals surface area contributed by atoms with Gasteiger partial charge >= 0.3 is 6.01 Å². The van der Waals surface area contributed by atoms with Crippen molar-refractivity contribution in [2.75, 3.05) is 69.4 Å². The zero-order valence-corrected chi connectivity index (χ0v) is 28.6. The average Bonchev–Trinajstić information content (AvgIpc) is 3.93. The number of amides is 1. The lowest BCUT2D eigenvalue weighted by Crippen LogP contribution is -2.57. The SMILES string of the molecule is [C-]#[N+]C[C@H]1CN(c2nc(OCC3(CN(C)C4CC4)COC3)nc3c2CC(C)N(c2cccc4ccc(F)c(Cl)c24)C3)CCN1C(=O)C(=C)F. The summed E-state index contributed by atoms with van der Waals surface area (Å²) in [6, 6.07) is 9.20. The number of ether oxygens (including phenoxy) is 2. The van der Waals surface area contributed by atoms with E-state index in [0.29, 0.717) is 63.1 Å². The summed E-state index contributed by atoms with van der Waals surface area (Å²) in [6.45, 7) is 16.6. The highest BCUT2D eigenvalue weighted by atomic mass is 35.5. The second kappa shape index (κ2) is 13.3. The molecule has 49 heavy (non-hydrogen) atoms. The quantitative estimate of drug-likeness (QED) is 0.210. The van der Waals surface area contributed by atoms with Crippen LogP contribution in [0.15, 0.2) is 42.7 Å². The molecule has 1 aliphatic carbocycles. The number of piperazine rings is 1. The summed E-state index contributed by atoms with van der Waals surface area (Å²) in [5, 5.41) is 1.57. The van der Waals surface area contributed by atoms with Crippen LogP contribution in [0.5, 0.6) is 6.01 Å². The molecule has 2 saturated heterocycles. The Morgan fingerprint density at radius 1 is 1.24 bits per heavy atom. The molecule has 258 valence electrons. The number of hydrogen-bond donors (Lipinski definition) is 0. The maximum Gasteiger partial charge on any atom is 0.318 e. The highest BCUT2D eigenvalue weighted by molar-refractivity contribution is 6.36. The Hall–Kier alpha value is -4.05. The van der Waals surface area contributed by atoms with Crippen LogP contribution in [0.25, 0.3) is 15.6 Å². The molecule has 1 saturated carbocycles. The Morgan fingerprint density at radius 3 is 2.73 bits per heavy atom. The smallest absolute Gasteiger partial charge is 0.318 e. The van der Waals surface area contributed by atoms with Crippen molar-refractivity contribution in [2.45, 2.75) is 50.9 Å². The van der Waals surface area contributed by atoms with E-state index in [1.165, 1.54) is 23.8 Å². The van der Waals surface area contributed by atoms with Crippen LogP contribution < -0.4 is 14.5 Å². The summed E-state index contributed by atoms with van der Waals surface area (Å²) >= 11 is 6.56.